The highest BCUT2D eigenvalue weighted by Gasteiger charge is 2.21. The van der Waals surface area contributed by atoms with Gasteiger partial charge in [0.15, 0.2) is 0 Å². The molecule has 0 spiro atoms. The van der Waals surface area contributed by atoms with Crippen molar-refractivity contribution in [2.75, 3.05) is 14.2 Å². The number of hydrogen-bond donors (Lipinski definition) is 2. The van der Waals surface area contributed by atoms with Crippen LogP contribution in [0.5, 0.6) is 11.5 Å². The second-order valence-corrected chi connectivity index (χ2v) is 6.54. The maximum absolute atomic E-state index is 12.4. The van der Waals surface area contributed by atoms with E-state index in [4.69, 9.17) is 9.47 Å². The SMILES string of the molecule is COc1ccc(OC)c(S(=O)(=O)NNC(=O)c2ccccc2C)c1. The normalized spacial score (nSPS) is 11.0. The molecule has 2 N–H and O–H groups in total. The molecule has 0 fully saturated rings. The van der Waals surface area contributed by atoms with E-state index in [1.54, 1.807) is 37.3 Å². The number of aryl methyl sites for hydroxylation is 1. The van der Waals surface area contributed by atoms with E-state index in [1.165, 1.54) is 26.4 Å². The average Bonchev–Trinajstić information content (AvgIpc) is 2.59. The predicted molar refractivity (Wildman–Crippen MR) is 88.5 cm³/mol. The minimum Gasteiger partial charge on any atom is -0.497 e. The number of carbonyl (C=O) groups excluding carboxylic acids is 1. The highest BCUT2D eigenvalue weighted by molar-refractivity contribution is 7.89. The van der Waals surface area contributed by atoms with Gasteiger partial charge in [0.05, 0.1) is 14.2 Å². The maximum atomic E-state index is 12.4. The van der Waals surface area contributed by atoms with E-state index in [1.807, 2.05) is 0 Å². The van der Waals surface area contributed by atoms with Gasteiger partial charge in [-0.25, -0.2) is 8.42 Å². The molecule has 0 heterocycles. The zero-order valence-corrected chi connectivity index (χ0v) is 14.3. The van der Waals surface area contributed by atoms with Gasteiger partial charge in [0, 0.05) is 11.6 Å². The summed E-state index contributed by atoms with van der Waals surface area (Å²) in [5.41, 5.74) is 3.30. The molecular weight excluding hydrogens is 332 g/mol. The monoisotopic (exact) mass is 350 g/mol. The Labute approximate surface area is 140 Å². The Balaban J connectivity index is 2.23. The molecule has 0 aliphatic rings. The highest BCUT2D eigenvalue weighted by atomic mass is 32.2. The standard InChI is InChI=1S/C16H18N2O5S/c1-11-6-4-5-7-13(11)16(19)17-18-24(20,21)15-10-12(22-2)8-9-14(15)23-3/h4-10,18H,1-3H3,(H,17,19). The first-order valence-electron chi connectivity index (χ1n) is 6.99. The lowest BCUT2D eigenvalue weighted by Crippen LogP contribution is -2.41. The molecule has 0 saturated heterocycles. The molecule has 0 radical (unpaired) electrons. The van der Waals surface area contributed by atoms with Crippen LogP contribution < -0.4 is 19.7 Å². The number of benzene rings is 2. The Bertz CT molecular complexity index is 849. The Morgan fingerprint density at radius 1 is 1.04 bits per heavy atom. The fourth-order valence-corrected chi connectivity index (χ4v) is 3.08. The second kappa shape index (κ2) is 7.33. The quantitative estimate of drug-likeness (QED) is 0.773. The number of sulfonamides is 1. The molecule has 0 unspecified atom stereocenters. The number of ether oxygens (including phenoxy) is 2. The van der Waals surface area contributed by atoms with Gasteiger partial charge in [-0.2, -0.15) is 0 Å². The number of carbonyl (C=O) groups is 1. The summed E-state index contributed by atoms with van der Waals surface area (Å²) in [7, 11) is -1.26. The Hall–Kier alpha value is -2.58. The van der Waals surface area contributed by atoms with Crippen molar-refractivity contribution in [3.8, 4) is 11.5 Å². The van der Waals surface area contributed by atoms with E-state index in [0.717, 1.165) is 5.56 Å². The Kier molecular flexibility index (Phi) is 5.42. The molecular formula is C16H18N2O5S. The van der Waals surface area contributed by atoms with Crippen molar-refractivity contribution in [1.82, 2.24) is 10.3 Å². The van der Waals surface area contributed by atoms with Crippen LogP contribution >= 0.6 is 0 Å². The molecule has 128 valence electrons. The molecule has 2 aromatic rings. The topological polar surface area (TPSA) is 93.7 Å². The fraction of sp³-hybridized carbons (Fsp3) is 0.188. The van der Waals surface area contributed by atoms with Gasteiger partial charge in [0.25, 0.3) is 15.9 Å². The van der Waals surface area contributed by atoms with Gasteiger partial charge in [-0.1, -0.05) is 18.2 Å². The Morgan fingerprint density at radius 3 is 2.38 bits per heavy atom. The lowest BCUT2D eigenvalue weighted by Gasteiger charge is -2.13. The lowest BCUT2D eigenvalue weighted by molar-refractivity contribution is 0.0944. The van der Waals surface area contributed by atoms with Gasteiger partial charge < -0.3 is 9.47 Å². The smallest absolute Gasteiger partial charge is 0.266 e. The van der Waals surface area contributed by atoms with Crippen LogP contribution in [0.4, 0.5) is 0 Å². The third kappa shape index (κ3) is 3.84. The molecule has 0 aliphatic carbocycles. The molecule has 0 bridgehead atoms. The van der Waals surface area contributed by atoms with Crippen molar-refractivity contribution in [2.45, 2.75) is 11.8 Å². The number of hydrazine groups is 1. The van der Waals surface area contributed by atoms with Crippen LogP contribution in [0.15, 0.2) is 47.4 Å². The first-order valence-corrected chi connectivity index (χ1v) is 8.47. The summed E-state index contributed by atoms with van der Waals surface area (Å²) >= 11 is 0. The molecule has 24 heavy (non-hydrogen) atoms. The summed E-state index contributed by atoms with van der Waals surface area (Å²) in [5.74, 6) is -0.0756. The van der Waals surface area contributed by atoms with Gasteiger partial charge in [0.1, 0.15) is 16.4 Å². The first kappa shape index (κ1) is 17.8. The number of amides is 1. The van der Waals surface area contributed by atoms with Gasteiger partial charge in [-0.3, -0.25) is 10.2 Å². The first-order chi connectivity index (χ1) is 11.4. The van der Waals surface area contributed by atoms with Gasteiger partial charge >= 0.3 is 0 Å². The number of methoxy groups -OCH3 is 2. The molecule has 2 rings (SSSR count). The van der Waals surface area contributed by atoms with Crippen molar-refractivity contribution < 1.29 is 22.7 Å². The molecule has 0 saturated carbocycles. The maximum Gasteiger partial charge on any atom is 0.266 e. The van der Waals surface area contributed by atoms with Gasteiger partial charge in [0.2, 0.25) is 0 Å². The number of rotatable bonds is 6. The van der Waals surface area contributed by atoms with E-state index in [-0.39, 0.29) is 10.6 Å². The molecule has 8 heteroatoms. The third-order valence-corrected chi connectivity index (χ3v) is 4.62. The zero-order chi connectivity index (χ0) is 17.7. The van der Waals surface area contributed by atoms with Crippen LogP contribution in [-0.4, -0.2) is 28.5 Å². The van der Waals surface area contributed by atoms with Crippen LogP contribution in [-0.2, 0) is 10.0 Å². The van der Waals surface area contributed by atoms with E-state index >= 15 is 0 Å². The highest BCUT2D eigenvalue weighted by Crippen LogP contribution is 2.27. The van der Waals surface area contributed by atoms with E-state index in [9.17, 15) is 13.2 Å². The van der Waals surface area contributed by atoms with Crippen molar-refractivity contribution in [2.24, 2.45) is 0 Å². The molecule has 0 atom stereocenters. The minimum absolute atomic E-state index is 0.133. The number of nitrogens with one attached hydrogen (secondary N) is 2. The lowest BCUT2D eigenvalue weighted by atomic mass is 10.1. The van der Waals surface area contributed by atoms with Crippen molar-refractivity contribution in [3.05, 3.63) is 53.6 Å². The molecule has 2 aromatic carbocycles. The van der Waals surface area contributed by atoms with Crippen LogP contribution in [0.25, 0.3) is 0 Å². The van der Waals surface area contributed by atoms with Crippen LogP contribution in [0.1, 0.15) is 15.9 Å². The van der Waals surface area contributed by atoms with Crippen molar-refractivity contribution in [1.29, 1.82) is 0 Å². The van der Waals surface area contributed by atoms with E-state index < -0.39 is 15.9 Å². The van der Waals surface area contributed by atoms with Crippen LogP contribution in [0.3, 0.4) is 0 Å². The summed E-state index contributed by atoms with van der Waals surface area (Å²) in [6, 6.07) is 11.2. The van der Waals surface area contributed by atoms with Gasteiger partial charge in [-0.15, -0.1) is 4.83 Å². The summed E-state index contributed by atoms with van der Waals surface area (Å²) in [4.78, 5) is 14.0. The van der Waals surface area contributed by atoms with Crippen molar-refractivity contribution in [3.63, 3.8) is 0 Å². The Morgan fingerprint density at radius 2 is 1.75 bits per heavy atom. The molecule has 7 nitrogen and oxygen atoms in total. The van der Waals surface area contributed by atoms with Crippen molar-refractivity contribution >= 4 is 15.9 Å². The average molecular weight is 350 g/mol. The molecule has 0 aromatic heterocycles. The summed E-state index contributed by atoms with van der Waals surface area (Å²) in [6.45, 7) is 1.76. The fourth-order valence-electron chi connectivity index (χ4n) is 2.06. The number of hydrogen-bond acceptors (Lipinski definition) is 5. The minimum atomic E-state index is -4.04. The second-order valence-electron chi connectivity index (χ2n) is 4.89. The van der Waals surface area contributed by atoms with E-state index in [2.05, 4.69) is 10.3 Å². The van der Waals surface area contributed by atoms with Crippen LogP contribution in [0, 0.1) is 6.92 Å². The predicted octanol–water partition coefficient (Wildman–Crippen LogP) is 1.64. The summed E-state index contributed by atoms with van der Waals surface area (Å²) < 4.78 is 35.0. The van der Waals surface area contributed by atoms with E-state index in [0.29, 0.717) is 11.3 Å². The summed E-state index contributed by atoms with van der Waals surface area (Å²) in [6.07, 6.45) is 0. The van der Waals surface area contributed by atoms with Gasteiger partial charge in [-0.05, 0) is 30.7 Å². The van der Waals surface area contributed by atoms with Crippen LogP contribution in [0.2, 0.25) is 0 Å². The zero-order valence-electron chi connectivity index (χ0n) is 13.5. The summed E-state index contributed by atoms with van der Waals surface area (Å²) in [5, 5.41) is 0. The molecule has 0 aliphatic heterocycles. The third-order valence-electron chi connectivity index (χ3n) is 3.35. The largest absolute Gasteiger partial charge is 0.497 e. The molecule has 1 amide bonds.